The number of carbonyl (C=O) groups excluding carboxylic acids is 2. The largest absolute Gasteiger partial charge is 0.356 e. The van der Waals surface area contributed by atoms with Gasteiger partial charge in [-0.25, -0.2) is 9.69 Å². The average molecular weight is 466 g/mol. The SMILES string of the molecule is O=C1N(c2ccccc2)C(=O)C2(CC(c3c(Cl)cccc3Cl)=NO2)N1Cc1ccccc1. The van der Waals surface area contributed by atoms with Crippen molar-refractivity contribution in [2.75, 3.05) is 4.90 Å². The molecule has 1 atom stereocenters. The fraction of sp³-hybridized carbons (Fsp3) is 0.125. The van der Waals surface area contributed by atoms with Crippen molar-refractivity contribution in [2.24, 2.45) is 5.16 Å². The number of hydrogen-bond acceptors (Lipinski definition) is 4. The van der Waals surface area contributed by atoms with Crippen molar-refractivity contribution in [2.45, 2.75) is 18.7 Å². The molecule has 160 valence electrons. The smallest absolute Gasteiger partial charge is 0.335 e. The summed E-state index contributed by atoms with van der Waals surface area (Å²) in [6.45, 7) is 0.174. The molecule has 2 aliphatic heterocycles. The predicted molar refractivity (Wildman–Crippen MR) is 123 cm³/mol. The van der Waals surface area contributed by atoms with E-state index in [2.05, 4.69) is 5.16 Å². The third-order valence-corrected chi connectivity index (χ3v) is 6.19. The molecule has 2 aliphatic rings. The van der Waals surface area contributed by atoms with Crippen LogP contribution in [0.5, 0.6) is 0 Å². The van der Waals surface area contributed by atoms with Crippen molar-refractivity contribution in [3.05, 3.63) is 100 Å². The minimum atomic E-state index is -1.62. The van der Waals surface area contributed by atoms with Crippen LogP contribution in [0.1, 0.15) is 17.5 Å². The molecule has 1 spiro atoms. The summed E-state index contributed by atoms with van der Waals surface area (Å²) in [4.78, 5) is 35.5. The zero-order valence-corrected chi connectivity index (χ0v) is 18.3. The van der Waals surface area contributed by atoms with Crippen LogP contribution in [-0.4, -0.2) is 28.3 Å². The zero-order valence-electron chi connectivity index (χ0n) is 16.7. The third kappa shape index (κ3) is 3.23. The van der Waals surface area contributed by atoms with Gasteiger partial charge in [0.2, 0.25) is 0 Å². The first-order valence-electron chi connectivity index (χ1n) is 9.96. The Balaban J connectivity index is 1.57. The molecule has 3 aromatic carbocycles. The molecule has 3 amide bonds. The second kappa shape index (κ2) is 7.97. The monoisotopic (exact) mass is 465 g/mol. The Bertz CT molecular complexity index is 1210. The number of para-hydroxylation sites is 1. The van der Waals surface area contributed by atoms with Gasteiger partial charge in [-0.2, -0.15) is 0 Å². The van der Waals surface area contributed by atoms with Crippen LogP contribution < -0.4 is 4.90 Å². The molecule has 0 saturated carbocycles. The number of nitrogens with zero attached hydrogens (tertiary/aromatic N) is 3. The molecule has 32 heavy (non-hydrogen) atoms. The second-order valence-corrected chi connectivity index (χ2v) is 8.33. The van der Waals surface area contributed by atoms with Gasteiger partial charge in [-0.15, -0.1) is 0 Å². The lowest BCUT2D eigenvalue weighted by molar-refractivity contribution is -0.154. The Hall–Kier alpha value is -3.35. The Kier molecular flexibility index (Phi) is 5.12. The van der Waals surface area contributed by atoms with Gasteiger partial charge in [-0.3, -0.25) is 9.69 Å². The van der Waals surface area contributed by atoms with Crippen LogP contribution in [-0.2, 0) is 16.2 Å². The number of oxime groups is 1. The molecule has 0 aromatic heterocycles. The van der Waals surface area contributed by atoms with Crippen molar-refractivity contribution in [1.29, 1.82) is 0 Å². The average Bonchev–Trinajstić information content (AvgIpc) is 3.31. The maximum Gasteiger partial charge on any atom is 0.335 e. The predicted octanol–water partition coefficient (Wildman–Crippen LogP) is 5.48. The summed E-state index contributed by atoms with van der Waals surface area (Å²) >= 11 is 12.7. The number of carbonyl (C=O) groups is 2. The maximum absolute atomic E-state index is 13.7. The molecule has 1 saturated heterocycles. The van der Waals surface area contributed by atoms with E-state index in [1.165, 1.54) is 4.90 Å². The maximum atomic E-state index is 13.7. The lowest BCUT2D eigenvalue weighted by Crippen LogP contribution is -2.49. The lowest BCUT2D eigenvalue weighted by atomic mass is 9.99. The van der Waals surface area contributed by atoms with Crippen LogP contribution in [0.25, 0.3) is 0 Å². The van der Waals surface area contributed by atoms with Crippen molar-refractivity contribution in [1.82, 2.24) is 4.90 Å². The molecule has 0 aliphatic carbocycles. The molecular weight excluding hydrogens is 449 g/mol. The molecular formula is C24H17Cl2N3O3. The summed E-state index contributed by atoms with van der Waals surface area (Å²) in [5.74, 6) is -0.508. The van der Waals surface area contributed by atoms with Crippen molar-refractivity contribution >= 4 is 46.5 Å². The van der Waals surface area contributed by atoms with Gasteiger partial charge in [0, 0.05) is 5.56 Å². The standard InChI is InChI=1S/C24H17Cl2N3O3/c25-18-12-7-13-19(26)21(18)20-14-24(32-27-20)22(30)29(17-10-5-2-6-11-17)23(31)28(24)15-16-8-3-1-4-9-16/h1-13H,14-15H2. The van der Waals surface area contributed by atoms with Crippen LogP contribution >= 0.6 is 23.2 Å². The molecule has 3 aromatic rings. The first kappa shape index (κ1) is 20.5. The summed E-state index contributed by atoms with van der Waals surface area (Å²) in [5.41, 5.74) is 0.599. The topological polar surface area (TPSA) is 62.2 Å². The number of rotatable bonds is 4. The molecule has 0 N–H and O–H groups in total. The van der Waals surface area contributed by atoms with Crippen molar-refractivity contribution in [3.8, 4) is 0 Å². The third-order valence-electron chi connectivity index (χ3n) is 5.56. The number of imide groups is 1. The van der Waals surface area contributed by atoms with E-state index in [0.717, 1.165) is 10.5 Å². The fourth-order valence-corrected chi connectivity index (χ4v) is 4.62. The van der Waals surface area contributed by atoms with Crippen LogP contribution in [0.15, 0.2) is 84.0 Å². The highest BCUT2D eigenvalue weighted by Gasteiger charge is 2.63. The van der Waals surface area contributed by atoms with E-state index in [-0.39, 0.29) is 13.0 Å². The van der Waals surface area contributed by atoms with E-state index >= 15 is 0 Å². The van der Waals surface area contributed by atoms with Gasteiger partial charge in [0.15, 0.2) is 0 Å². The van der Waals surface area contributed by atoms with E-state index in [0.29, 0.717) is 27.0 Å². The Morgan fingerprint density at radius 3 is 2.16 bits per heavy atom. The Morgan fingerprint density at radius 2 is 1.50 bits per heavy atom. The Morgan fingerprint density at radius 1 is 0.875 bits per heavy atom. The first-order valence-corrected chi connectivity index (χ1v) is 10.7. The van der Waals surface area contributed by atoms with Crippen LogP contribution in [0.3, 0.4) is 0 Å². The van der Waals surface area contributed by atoms with E-state index in [9.17, 15) is 9.59 Å². The lowest BCUT2D eigenvalue weighted by Gasteiger charge is -2.28. The van der Waals surface area contributed by atoms with Gasteiger partial charge in [0.05, 0.1) is 34.4 Å². The number of amides is 3. The molecule has 1 unspecified atom stereocenters. The van der Waals surface area contributed by atoms with Gasteiger partial charge < -0.3 is 4.84 Å². The number of anilines is 1. The normalized spacial score (nSPS) is 20.1. The molecule has 5 rings (SSSR count). The van der Waals surface area contributed by atoms with Crippen LogP contribution in [0, 0.1) is 0 Å². The molecule has 2 heterocycles. The Labute approximate surface area is 194 Å². The number of urea groups is 1. The fourth-order valence-electron chi connectivity index (χ4n) is 4.01. The minimum absolute atomic E-state index is 0.0250. The quantitative estimate of drug-likeness (QED) is 0.479. The summed E-state index contributed by atoms with van der Waals surface area (Å²) in [6.07, 6.45) is 0.0250. The molecule has 0 bridgehead atoms. The van der Waals surface area contributed by atoms with Crippen LogP contribution in [0.2, 0.25) is 10.0 Å². The van der Waals surface area contributed by atoms with Gasteiger partial charge >= 0.3 is 11.9 Å². The van der Waals surface area contributed by atoms with Gasteiger partial charge in [0.25, 0.3) is 5.72 Å². The summed E-state index contributed by atoms with van der Waals surface area (Å²) < 4.78 is 0. The van der Waals surface area contributed by atoms with Crippen molar-refractivity contribution < 1.29 is 14.4 Å². The highest BCUT2D eigenvalue weighted by molar-refractivity contribution is 6.40. The molecule has 0 radical (unpaired) electrons. The summed E-state index contributed by atoms with van der Waals surface area (Å²) in [6, 6.07) is 22.8. The van der Waals surface area contributed by atoms with Gasteiger partial charge in [-0.1, -0.05) is 83.0 Å². The van der Waals surface area contributed by atoms with Crippen molar-refractivity contribution in [3.63, 3.8) is 0 Å². The summed E-state index contributed by atoms with van der Waals surface area (Å²) in [7, 11) is 0. The molecule has 8 heteroatoms. The van der Waals surface area contributed by atoms with Gasteiger partial charge in [-0.05, 0) is 29.8 Å². The second-order valence-electron chi connectivity index (χ2n) is 7.52. The number of benzene rings is 3. The molecule has 1 fully saturated rings. The molecule has 6 nitrogen and oxygen atoms in total. The highest BCUT2D eigenvalue weighted by Crippen LogP contribution is 2.42. The van der Waals surface area contributed by atoms with E-state index in [4.69, 9.17) is 28.0 Å². The van der Waals surface area contributed by atoms with Gasteiger partial charge in [0.1, 0.15) is 0 Å². The minimum Gasteiger partial charge on any atom is -0.356 e. The summed E-state index contributed by atoms with van der Waals surface area (Å²) in [5, 5.41) is 4.96. The highest BCUT2D eigenvalue weighted by atomic mass is 35.5. The van der Waals surface area contributed by atoms with E-state index in [1.807, 2.05) is 36.4 Å². The number of halogens is 2. The van der Waals surface area contributed by atoms with E-state index < -0.39 is 17.7 Å². The first-order chi connectivity index (χ1) is 15.5. The number of hydrogen-bond donors (Lipinski definition) is 0. The van der Waals surface area contributed by atoms with E-state index in [1.54, 1.807) is 42.5 Å². The zero-order chi connectivity index (χ0) is 22.3. The van der Waals surface area contributed by atoms with Crippen LogP contribution in [0.4, 0.5) is 10.5 Å².